The smallest absolute Gasteiger partial charge is 0.0380 e. The largest absolute Gasteiger partial charge is 0.145 e. The molecule has 1 aliphatic rings. The van der Waals surface area contributed by atoms with Crippen LogP contribution in [0.2, 0.25) is 0 Å². The minimum atomic E-state index is 0.380. The molecule has 1 aliphatic carbocycles. The first-order valence-electron chi connectivity index (χ1n) is 4.40. The average molecular weight is 201 g/mol. The molecule has 0 nitrogen and oxygen atoms in total. The molecule has 1 heterocycles. The van der Waals surface area contributed by atoms with Gasteiger partial charge in [0.1, 0.15) is 0 Å². The zero-order valence-corrected chi connectivity index (χ0v) is 9.06. The predicted molar refractivity (Wildman–Crippen MR) is 55.5 cm³/mol. The minimum Gasteiger partial charge on any atom is -0.145 e. The number of rotatable bonds is 0. The fraction of sp³-hybridized carbons (Fsp3) is 0.600. The zero-order chi connectivity index (χ0) is 8.72. The molecule has 1 aromatic heterocycles. The Balaban J connectivity index is 2.45. The van der Waals surface area contributed by atoms with Crippen LogP contribution in [-0.4, -0.2) is 5.38 Å². The molecular weight excluding hydrogens is 188 g/mol. The number of alkyl halides is 1. The van der Waals surface area contributed by atoms with E-state index in [4.69, 9.17) is 11.6 Å². The van der Waals surface area contributed by atoms with Crippen molar-refractivity contribution in [3.05, 3.63) is 20.9 Å². The summed E-state index contributed by atoms with van der Waals surface area (Å²) < 4.78 is 0. The summed E-state index contributed by atoms with van der Waals surface area (Å²) in [6.07, 6.45) is 3.44. The second-order valence-corrected chi connectivity index (χ2v) is 5.56. The number of fused-ring (bicyclic) bond motifs is 1. The van der Waals surface area contributed by atoms with Crippen LogP contribution in [0.4, 0.5) is 0 Å². The third kappa shape index (κ3) is 1.29. The Kier molecular flexibility index (Phi) is 2.18. The highest BCUT2D eigenvalue weighted by molar-refractivity contribution is 7.12. The molecule has 2 heteroatoms. The second kappa shape index (κ2) is 3.04. The van der Waals surface area contributed by atoms with Gasteiger partial charge in [-0.2, -0.15) is 0 Å². The predicted octanol–water partition coefficient (Wildman–Crippen LogP) is 3.46. The number of halogens is 1. The molecule has 0 aliphatic heterocycles. The maximum absolute atomic E-state index is 6.13. The zero-order valence-electron chi connectivity index (χ0n) is 7.48. The molecule has 0 saturated heterocycles. The van der Waals surface area contributed by atoms with Gasteiger partial charge in [0, 0.05) is 15.1 Å². The first kappa shape index (κ1) is 8.58. The third-order valence-corrected chi connectivity index (χ3v) is 4.13. The van der Waals surface area contributed by atoms with Gasteiger partial charge in [0.05, 0.1) is 0 Å². The van der Waals surface area contributed by atoms with Crippen LogP contribution in [0.5, 0.6) is 0 Å². The lowest BCUT2D eigenvalue weighted by molar-refractivity contribution is 0.694. The van der Waals surface area contributed by atoms with E-state index in [0.717, 1.165) is 12.8 Å². The van der Waals surface area contributed by atoms with Crippen molar-refractivity contribution < 1.29 is 0 Å². The lowest BCUT2D eigenvalue weighted by atomic mass is 9.92. The molecule has 66 valence electrons. The maximum Gasteiger partial charge on any atom is 0.0380 e. The van der Waals surface area contributed by atoms with Gasteiger partial charge in [0.15, 0.2) is 0 Å². The highest BCUT2D eigenvalue weighted by atomic mass is 35.5. The van der Waals surface area contributed by atoms with E-state index >= 15 is 0 Å². The fourth-order valence-corrected chi connectivity index (χ4v) is 3.40. The normalized spacial score (nSPS) is 22.4. The van der Waals surface area contributed by atoms with Gasteiger partial charge in [-0.25, -0.2) is 0 Å². The van der Waals surface area contributed by atoms with Gasteiger partial charge in [-0.1, -0.05) is 0 Å². The molecule has 1 atom stereocenters. The first-order valence-corrected chi connectivity index (χ1v) is 5.65. The first-order chi connectivity index (χ1) is 5.68. The molecule has 0 amide bonds. The van der Waals surface area contributed by atoms with Crippen molar-refractivity contribution in [3.8, 4) is 0 Å². The van der Waals surface area contributed by atoms with Crippen molar-refractivity contribution in [2.45, 2.75) is 38.5 Å². The van der Waals surface area contributed by atoms with Crippen LogP contribution in [0.15, 0.2) is 0 Å². The molecule has 1 aromatic rings. The summed E-state index contributed by atoms with van der Waals surface area (Å²) in [6.45, 7) is 4.44. The average Bonchev–Trinajstić information content (AvgIpc) is 2.28. The molecule has 2 rings (SSSR count). The fourth-order valence-electron chi connectivity index (χ4n) is 2.00. The number of hydrogen-bond acceptors (Lipinski definition) is 1. The summed E-state index contributed by atoms with van der Waals surface area (Å²) in [5, 5.41) is 0.380. The second-order valence-electron chi connectivity index (χ2n) is 3.51. The molecule has 0 bridgehead atoms. The number of aryl methyl sites for hydroxylation is 2. The maximum atomic E-state index is 6.13. The highest BCUT2D eigenvalue weighted by Crippen LogP contribution is 2.34. The van der Waals surface area contributed by atoms with Crippen molar-refractivity contribution in [2.75, 3.05) is 0 Å². The van der Waals surface area contributed by atoms with Gasteiger partial charge in [0.2, 0.25) is 0 Å². The summed E-state index contributed by atoms with van der Waals surface area (Å²) in [7, 11) is 0. The van der Waals surface area contributed by atoms with Crippen LogP contribution in [0.3, 0.4) is 0 Å². The number of hydrogen-bond donors (Lipinski definition) is 0. The van der Waals surface area contributed by atoms with Crippen molar-refractivity contribution >= 4 is 22.9 Å². The van der Waals surface area contributed by atoms with E-state index in [2.05, 4.69) is 13.8 Å². The van der Waals surface area contributed by atoms with E-state index in [0.29, 0.717) is 5.38 Å². The molecule has 0 fully saturated rings. The standard InChI is InChI=1S/C10H13ClS/c1-6-9-4-3-8(11)5-10(9)7(2)12-6/h8H,3-5H2,1-2H3. The lowest BCUT2D eigenvalue weighted by Crippen LogP contribution is -2.13. The van der Waals surface area contributed by atoms with E-state index in [9.17, 15) is 0 Å². The molecular formula is C10H13ClS. The summed E-state index contributed by atoms with van der Waals surface area (Å²) in [4.78, 5) is 2.99. The van der Waals surface area contributed by atoms with E-state index in [1.165, 1.54) is 16.2 Å². The molecule has 1 unspecified atom stereocenters. The van der Waals surface area contributed by atoms with Gasteiger partial charge in [0.25, 0.3) is 0 Å². The molecule has 0 radical (unpaired) electrons. The van der Waals surface area contributed by atoms with Crippen molar-refractivity contribution in [1.82, 2.24) is 0 Å². The Morgan fingerprint density at radius 3 is 2.67 bits per heavy atom. The molecule has 0 saturated carbocycles. The van der Waals surface area contributed by atoms with Gasteiger partial charge in [-0.15, -0.1) is 22.9 Å². The summed E-state index contributed by atoms with van der Waals surface area (Å²) >= 11 is 8.06. The molecule has 12 heavy (non-hydrogen) atoms. The van der Waals surface area contributed by atoms with E-state index < -0.39 is 0 Å². The van der Waals surface area contributed by atoms with Gasteiger partial charge >= 0.3 is 0 Å². The van der Waals surface area contributed by atoms with E-state index in [-0.39, 0.29) is 0 Å². The molecule has 0 spiro atoms. The Morgan fingerprint density at radius 2 is 1.92 bits per heavy atom. The van der Waals surface area contributed by atoms with Crippen LogP contribution in [-0.2, 0) is 12.8 Å². The lowest BCUT2D eigenvalue weighted by Gasteiger charge is -2.17. The highest BCUT2D eigenvalue weighted by Gasteiger charge is 2.21. The monoisotopic (exact) mass is 200 g/mol. The molecule has 0 N–H and O–H groups in total. The van der Waals surface area contributed by atoms with Gasteiger partial charge in [-0.3, -0.25) is 0 Å². The van der Waals surface area contributed by atoms with Gasteiger partial charge < -0.3 is 0 Å². The minimum absolute atomic E-state index is 0.380. The SMILES string of the molecule is Cc1sc(C)c2c1CCC(Cl)C2. The summed E-state index contributed by atoms with van der Waals surface area (Å²) in [6, 6.07) is 0. The van der Waals surface area contributed by atoms with E-state index in [1.54, 1.807) is 11.1 Å². The van der Waals surface area contributed by atoms with Gasteiger partial charge in [-0.05, 0) is 44.2 Å². The summed E-state index contributed by atoms with van der Waals surface area (Å²) in [5.41, 5.74) is 3.14. The molecule has 0 aromatic carbocycles. The Bertz CT molecular complexity index is 301. The quantitative estimate of drug-likeness (QED) is 0.563. The Hall–Kier alpha value is -0.0100. The van der Waals surface area contributed by atoms with Crippen LogP contribution < -0.4 is 0 Å². The third-order valence-electron chi connectivity index (χ3n) is 2.65. The number of thiophene rings is 1. The van der Waals surface area contributed by atoms with Crippen LogP contribution in [0, 0.1) is 13.8 Å². The van der Waals surface area contributed by atoms with Crippen molar-refractivity contribution in [2.24, 2.45) is 0 Å². The Labute approximate surface area is 82.6 Å². The van der Waals surface area contributed by atoms with E-state index in [1.807, 2.05) is 11.3 Å². The van der Waals surface area contributed by atoms with Crippen LogP contribution in [0.25, 0.3) is 0 Å². The van der Waals surface area contributed by atoms with Crippen molar-refractivity contribution in [1.29, 1.82) is 0 Å². The van der Waals surface area contributed by atoms with Crippen molar-refractivity contribution in [3.63, 3.8) is 0 Å². The Morgan fingerprint density at radius 1 is 1.25 bits per heavy atom. The van der Waals surface area contributed by atoms with Crippen LogP contribution in [0.1, 0.15) is 27.3 Å². The van der Waals surface area contributed by atoms with Crippen LogP contribution >= 0.6 is 22.9 Å². The summed E-state index contributed by atoms with van der Waals surface area (Å²) in [5.74, 6) is 0. The topological polar surface area (TPSA) is 0 Å².